The monoisotopic (exact) mass is 281 g/mol. The number of hydrogen-bond acceptors (Lipinski definition) is 3. The molecule has 0 aliphatic heterocycles. The van der Waals surface area contributed by atoms with Crippen molar-refractivity contribution in [2.24, 2.45) is 5.92 Å². The average molecular weight is 282 g/mol. The Morgan fingerprint density at radius 1 is 1.47 bits per heavy atom. The maximum Gasteiger partial charge on any atom is 0.179 e. The molecule has 1 aliphatic rings. The van der Waals surface area contributed by atoms with Crippen LogP contribution in [0.15, 0.2) is 24.5 Å². The van der Waals surface area contributed by atoms with Crippen LogP contribution in [0.2, 0.25) is 5.02 Å². The van der Waals surface area contributed by atoms with E-state index in [2.05, 4.69) is 10.1 Å². The van der Waals surface area contributed by atoms with Gasteiger partial charge >= 0.3 is 0 Å². The van der Waals surface area contributed by atoms with E-state index in [0.29, 0.717) is 18.3 Å². The predicted octanol–water partition coefficient (Wildman–Crippen LogP) is 2.56. The van der Waals surface area contributed by atoms with E-state index in [1.165, 1.54) is 6.07 Å². The summed E-state index contributed by atoms with van der Waals surface area (Å²) in [5.74, 6) is 0.320. The predicted molar refractivity (Wildman–Crippen MR) is 68.2 cm³/mol. The fraction of sp³-hybridized carbons (Fsp3) is 0.385. The Balaban J connectivity index is 1.74. The molecule has 1 aromatic carbocycles. The number of nitrogens with zero attached hydrogens (tertiary/aromatic N) is 3. The van der Waals surface area contributed by atoms with E-state index in [4.69, 9.17) is 11.6 Å². The fourth-order valence-corrected chi connectivity index (χ4v) is 2.17. The van der Waals surface area contributed by atoms with Crippen LogP contribution in [-0.4, -0.2) is 19.9 Å². The van der Waals surface area contributed by atoms with Crippen LogP contribution in [0.3, 0.4) is 0 Å². The highest BCUT2D eigenvalue weighted by Crippen LogP contribution is 2.39. The third kappa shape index (κ3) is 2.77. The molecule has 0 radical (unpaired) electrons. The molecule has 0 saturated heterocycles. The van der Waals surface area contributed by atoms with Crippen LogP contribution in [0.4, 0.5) is 4.39 Å². The number of halogens is 2. The second-order valence-corrected chi connectivity index (χ2v) is 5.24. The first-order valence-electron chi connectivity index (χ1n) is 6.15. The summed E-state index contributed by atoms with van der Waals surface area (Å²) >= 11 is 5.73. The van der Waals surface area contributed by atoms with Crippen LogP contribution in [-0.2, 0) is 6.54 Å². The highest BCUT2D eigenvalue weighted by molar-refractivity contribution is 6.30. The van der Waals surface area contributed by atoms with Crippen molar-refractivity contribution in [3.8, 4) is 0 Å². The van der Waals surface area contributed by atoms with Crippen LogP contribution < -0.4 is 0 Å². The second kappa shape index (κ2) is 4.90. The minimum absolute atomic E-state index is 0.0934. The molecule has 3 rings (SSSR count). The number of rotatable bonds is 4. The van der Waals surface area contributed by atoms with E-state index in [9.17, 15) is 9.50 Å². The van der Waals surface area contributed by atoms with Gasteiger partial charge in [0.2, 0.25) is 0 Å². The van der Waals surface area contributed by atoms with Crippen molar-refractivity contribution in [3.63, 3.8) is 0 Å². The van der Waals surface area contributed by atoms with Gasteiger partial charge in [-0.25, -0.2) is 14.1 Å². The van der Waals surface area contributed by atoms with Crippen molar-refractivity contribution < 1.29 is 9.50 Å². The minimum Gasteiger partial charge on any atom is -0.385 e. The van der Waals surface area contributed by atoms with Gasteiger partial charge in [-0.3, -0.25) is 0 Å². The average Bonchev–Trinajstić information content (AvgIpc) is 3.14. The molecular formula is C13H13ClFN3O. The highest BCUT2D eigenvalue weighted by Gasteiger charge is 2.33. The molecule has 0 spiro atoms. The maximum atomic E-state index is 13.0. The Hall–Kier alpha value is -1.46. The van der Waals surface area contributed by atoms with Gasteiger partial charge in [0.25, 0.3) is 0 Å². The number of hydrogen-bond donors (Lipinski definition) is 1. The van der Waals surface area contributed by atoms with Gasteiger partial charge in [-0.2, -0.15) is 5.10 Å². The lowest BCUT2D eigenvalue weighted by molar-refractivity contribution is 0.144. The van der Waals surface area contributed by atoms with E-state index in [1.807, 2.05) is 0 Å². The van der Waals surface area contributed by atoms with Gasteiger partial charge in [0.15, 0.2) is 5.82 Å². The summed E-state index contributed by atoms with van der Waals surface area (Å²) in [6.07, 6.45) is 3.06. The number of aliphatic hydroxyl groups excluding tert-OH is 1. The van der Waals surface area contributed by atoms with E-state index in [-0.39, 0.29) is 5.02 Å². The first-order valence-corrected chi connectivity index (χ1v) is 6.52. The lowest BCUT2D eigenvalue weighted by Crippen LogP contribution is -2.05. The van der Waals surface area contributed by atoms with Gasteiger partial charge in [-0.15, -0.1) is 0 Å². The highest BCUT2D eigenvalue weighted by atomic mass is 35.5. The number of benzene rings is 1. The molecule has 1 aromatic heterocycles. The number of aromatic nitrogens is 3. The fourth-order valence-electron chi connectivity index (χ4n) is 1.97. The summed E-state index contributed by atoms with van der Waals surface area (Å²) in [4.78, 5) is 4.11. The van der Waals surface area contributed by atoms with E-state index < -0.39 is 11.9 Å². The van der Waals surface area contributed by atoms with Gasteiger partial charge in [-0.05, 0) is 36.5 Å². The molecule has 1 saturated carbocycles. The second-order valence-electron chi connectivity index (χ2n) is 4.83. The lowest BCUT2D eigenvalue weighted by Gasteiger charge is -2.04. The molecule has 100 valence electrons. The van der Waals surface area contributed by atoms with Crippen molar-refractivity contribution in [2.75, 3.05) is 0 Å². The molecule has 1 N–H and O–H groups in total. The van der Waals surface area contributed by atoms with Gasteiger partial charge in [0.05, 0.1) is 11.6 Å². The van der Waals surface area contributed by atoms with E-state index in [1.54, 1.807) is 23.1 Å². The Bertz CT molecular complexity index is 597. The molecule has 1 unspecified atom stereocenters. The Morgan fingerprint density at radius 3 is 2.95 bits per heavy atom. The Kier molecular flexibility index (Phi) is 3.24. The van der Waals surface area contributed by atoms with Crippen LogP contribution in [0, 0.1) is 11.7 Å². The van der Waals surface area contributed by atoms with Crippen molar-refractivity contribution in [3.05, 3.63) is 46.8 Å². The molecule has 1 fully saturated rings. The van der Waals surface area contributed by atoms with Crippen molar-refractivity contribution in [1.82, 2.24) is 14.8 Å². The quantitative estimate of drug-likeness (QED) is 0.937. The zero-order valence-electron chi connectivity index (χ0n) is 10.1. The van der Waals surface area contributed by atoms with E-state index >= 15 is 0 Å². The third-order valence-corrected chi connectivity index (χ3v) is 3.51. The normalized spacial score (nSPS) is 16.6. The van der Waals surface area contributed by atoms with Gasteiger partial charge in [0, 0.05) is 0 Å². The SMILES string of the molecule is OC(c1ncn(Cc2ccc(F)c(Cl)c2)n1)C1CC1. The number of aliphatic hydroxyl groups is 1. The summed E-state index contributed by atoms with van der Waals surface area (Å²) in [5, 5.41) is 14.2. The van der Waals surface area contributed by atoms with Gasteiger partial charge in [0.1, 0.15) is 18.2 Å². The molecule has 6 heteroatoms. The molecule has 1 atom stereocenters. The molecular weight excluding hydrogens is 269 g/mol. The zero-order valence-corrected chi connectivity index (χ0v) is 10.9. The molecule has 2 aromatic rings. The summed E-state index contributed by atoms with van der Waals surface area (Å²) in [6, 6.07) is 4.55. The Labute approximate surface area is 114 Å². The summed E-state index contributed by atoms with van der Waals surface area (Å²) in [5.41, 5.74) is 0.837. The van der Waals surface area contributed by atoms with Crippen molar-refractivity contribution in [2.45, 2.75) is 25.5 Å². The Morgan fingerprint density at radius 2 is 2.26 bits per heavy atom. The van der Waals surface area contributed by atoms with Gasteiger partial charge in [-0.1, -0.05) is 17.7 Å². The molecule has 1 heterocycles. The smallest absolute Gasteiger partial charge is 0.179 e. The molecule has 0 amide bonds. The van der Waals surface area contributed by atoms with Crippen LogP contribution in [0.25, 0.3) is 0 Å². The molecule has 1 aliphatic carbocycles. The maximum absolute atomic E-state index is 13.0. The lowest BCUT2D eigenvalue weighted by atomic mass is 10.2. The largest absolute Gasteiger partial charge is 0.385 e. The summed E-state index contributed by atoms with van der Waals surface area (Å²) in [6.45, 7) is 0.449. The van der Waals surface area contributed by atoms with Crippen molar-refractivity contribution in [1.29, 1.82) is 0 Å². The van der Waals surface area contributed by atoms with Crippen LogP contribution in [0.1, 0.15) is 30.3 Å². The molecule has 0 bridgehead atoms. The topological polar surface area (TPSA) is 50.9 Å². The third-order valence-electron chi connectivity index (χ3n) is 3.22. The van der Waals surface area contributed by atoms with Crippen LogP contribution >= 0.6 is 11.6 Å². The zero-order chi connectivity index (χ0) is 13.4. The first-order chi connectivity index (χ1) is 9.13. The summed E-state index contributed by atoms with van der Waals surface area (Å²) in [7, 11) is 0. The van der Waals surface area contributed by atoms with Crippen LogP contribution in [0.5, 0.6) is 0 Å². The molecule has 19 heavy (non-hydrogen) atoms. The first kappa shape index (κ1) is 12.6. The standard InChI is InChI=1S/C13H13ClFN3O/c14-10-5-8(1-4-11(10)15)6-18-7-16-13(17-18)12(19)9-2-3-9/h1,4-5,7,9,12,19H,2-3,6H2. The van der Waals surface area contributed by atoms with Crippen molar-refractivity contribution >= 4 is 11.6 Å². The minimum atomic E-state index is -0.571. The summed E-state index contributed by atoms with van der Waals surface area (Å²) < 4.78 is 14.7. The van der Waals surface area contributed by atoms with Gasteiger partial charge < -0.3 is 5.11 Å². The van der Waals surface area contributed by atoms with E-state index in [0.717, 1.165) is 18.4 Å². The molecule has 4 nitrogen and oxygen atoms in total.